The zero-order chi connectivity index (χ0) is 13.7. The van der Waals surface area contributed by atoms with Gasteiger partial charge in [0, 0.05) is 18.2 Å². The summed E-state index contributed by atoms with van der Waals surface area (Å²) in [6.45, 7) is 0.581. The molecular formula is C14H17N3O2. The first kappa shape index (κ1) is 13.5. The summed E-state index contributed by atoms with van der Waals surface area (Å²) in [4.78, 5) is 15.9. The zero-order valence-electron chi connectivity index (χ0n) is 10.7. The lowest BCUT2D eigenvalue weighted by Crippen LogP contribution is -2.38. The van der Waals surface area contributed by atoms with Gasteiger partial charge < -0.3 is 10.4 Å². The van der Waals surface area contributed by atoms with Gasteiger partial charge in [-0.3, -0.25) is 4.79 Å². The number of aromatic nitrogens is 1. The number of hydrogen-bond donors (Lipinski definition) is 2. The number of rotatable bonds is 4. The maximum atomic E-state index is 11.9. The first-order valence-corrected chi connectivity index (χ1v) is 6.44. The number of pyridine rings is 1. The summed E-state index contributed by atoms with van der Waals surface area (Å²) in [5, 5.41) is 21.0. The molecule has 5 nitrogen and oxygen atoms in total. The standard InChI is InChI=1S/C14H17N3O2/c15-7-11-3-4-12(16-8-11)13(19)17-9-14(10-18)5-1-2-6-14/h3-4,8,18H,1-2,5-6,9-10H2,(H,17,19). The molecule has 1 aromatic heterocycles. The van der Waals surface area contributed by atoms with Gasteiger partial charge in [0.05, 0.1) is 12.2 Å². The first-order chi connectivity index (χ1) is 9.19. The van der Waals surface area contributed by atoms with Crippen LogP contribution in [0, 0.1) is 16.7 Å². The second-order valence-electron chi connectivity index (χ2n) is 5.09. The highest BCUT2D eigenvalue weighted by Gasteiger charge is 2.33. The van der Waals surface area contributed by atoms with Crippen molar-refractivity contribution in [2.24, 2.45) is 5.41 Å². The molecule has 1 aliphatic carbocycles. The molecule has 0 aliphatic heterocycles. The fourth-order valence-corrected chi connectivity index (χ4v) is 2.47. The smallest absolute Gasteiger partial charge is 0.269 e. The van der Waals surface area contributed by atoms with Gasteiger partial charge in [-0.2, -0.15) is 5.26 Å². The molecule has 1 aliphatic rings. The van der Waals surface area contributed by atoms with E-state index in [-0.39, 0.29) is 17.9 Å². The van der Waals surface area contributed by atoms with Crippen molar-refractivity contribution < 1.29 is 9.90 Å². The molecule has 19 heavy (non-hydrogen) atoms. The van der Waals surface area contributed by atoms with Gasteiger partial charge in [-0.05, 0) is 25.0 Å². The van der Waals surface area contributed by atoms with E-state index in [0.29, 0.717) is 17.8 Å². The number of nitrogens with one attached hydrogen (secondary N) is 1. The Bertz CT molecular complexity index is 484. The highest BCUT2D eigenvalue weighted by atomic mass is 16.3. The van der Waals surface area contributed by atoms with Crippen molar-refractivity contribution in [3.63, 3.8) is 0 Å². The van der Waals surface area contributed by atoms with Crippen LogP contribution >= 0.6 is 0 Å². The highest BCUT2D eigenvalue weighted by Crippen LogP contribution is 2.36. The van der Waals surface area contributed by atoms with E-state index in [9.17, 15) is 9.90 Å². The number of aliphatic hydroxyl groups excluding tert-OH is 1. The van der Waals surface area contributed by atoms with E-state index in [1.54, 1.807) is 6.07 Å². The van der Waals surface area contributed by atoms with Gasteiger partial charge in [0.25, 0.3) is 5.91 Å². The van der Waals surface area contributed by atoms with E-state index in [1.807, 2.05) is 6.07 Å². The maximum Gasteiger partial charge on any atom is 0.269 e. The Balaban J connectivity index is 1.95. The fraction of sp³-hybridized carbons (Fsp3) is 0.500. The van der Waals surface area contributed by atoms with E-state index < -0.39 is 0 Å². The van der Waals surface area contributed by atoms with Crippen LogP contribution in [0.2, 0.25) is 0 Å². The van der Waals surface area contributed by atoms with Gasteiger partial charge in [0.1, 0.15) is 11.8 Å². The quantitative estimate of drug-likeness (QED) is 0.851. The summed E-state index contributed by atoms with van der Waals surface area (Å²) in [6, 6.07) is 5.06. The van der Waals surface area contributed by atoms with Crippen LogP contribution in [-0.4, -0.2) is 29.1 Å². The molecule has 1 saturated carbocycles. The first-order valence-electron chi connectivity index (χ1n) is 6.44. The lowest BCUT2D eigenvalue weighted by atomic mass is 9.87. The number of hydrogen-bond acceptors (Lipinski definition) is 4. The Morgan fingerprint density at radius 1 is 1.47 bits per heavy atom. The Morgan fingerprint density at radius 3 is 2.74 bits per heavy atom. The average molecular weight is 259 g/mol. The highest BCUT2D eigenvalue weighted by molar-refractivity contribution is 5.92. The molecule has 0 bridgehead atoms. The molecule has 2 N–H and O–H groups in total. The summed E-state index contributed by atoms with van der Waals surface area (Å²) in [5.74, 6) is -0.260. The van der Waals surface area contributed by atoms with Crippen molar-refractivity contribution in [2.45, 2.75) is 25.7 Å². The molecule has 0 atom stereocenters. The second kappa shape index (κ2) is 5.81. The number of carbonyl (C=O) groups is 1. The normalized spacial score (nSPS) is 16.8. The molecule has 1 fully saturated rings. The van der Waals surface area contributed by atoms with Gasteiger partial charge in [-0.1, -0.05) is 12.8 Å². The van der Waals surface area contributed by atoms with Crippen LogP contribution in [0.1, 0.15) is 41.7 Å². The molecule has 0 radical (unpaired) electrons. The van der Waals surface area contributed by atoms with E-state index in [0.717, 1.165) is 25.7 Å². The molecular weight excluding hydrogens is 242 g/mol. The van der Waals surface area contributed by atoms with Gasteiger partial charge in [0.2, 0.25) is 0 Å². The second-order valence-corrected chi connectivity index (χ2v) is 5.09. The number of nitriles is 1. The largest absolute Gasteiger partial charge is 0.396 e. The molecule has 1 amide bonds. The van der Waals surface area contributed by atoms with Crippen LogP contribution in [0.15, 0.2) is 18.3 Å². The molecule has 1 heterocycles. The van der Waals surface area contributed by atoms with Crippen molar-refractivity contribution in [3.05, 3.63) is 29.6 Å². The topological polar surface area (TPSA) is 86.0 Å². The van der Waals surface area contributed by atoms with E-state index >= 15 is 0 Å². The number of amides is 1. The molecule has 0 aromatic carbocycles. The third-order valence-corrected chi connectivity index (χ3v) is 3.75. The Morgan fingerprint density at radius 2 is 2.21 bits per heavy atom. The van der Waals surface area contributed by atoms with Crippen molar-refractivity contribution in [2.75, 3.05) is 13.2 Å². The van der Waals surface area contributed by atoms with Crippen LogP contribution in [0.4, 0.5) is 0 Å². The number of carbonyl (C=O) groups excluding carboxylic acids is 1. The van der Waals surface area contributed by atoms with Crippen molar-refractivity contribution in [1.82, 2.24) is 10.3 Å². The minimum atomic E-state index is -0.260. The lowest BCUT2D eigenvalue weighted by molar-refractivity contribution is 0.0876. The molecule has 100 valence electrons. The summed E-state index contributed by atoms with van der Waals surface area (Å²) in [5.41, 5.74) is 0.562. The third-order valence-electron chi connectivity index (χ3n) is 3.75. The Kier molecular flexibility index (Phi) is 4.13. The monoisotopic (exact) mass is 259 g/mol. The van der Waals surface area contributed by atoms with Crippen LogP contribution in [0.3, 0.4) is 0 Å². The van der Waals surface area contributed by atoms with E-state index in [2.05, 4.69) is 10.3 Å². The zero-order valence-corrected chi connectivity index (χ0v) is 10.7. The minimum absolute atomic E-state index is 0.105. The van der Waals surface area contributed by atoms with Crippen molar-refractivity contribution >= 4 is 5.91 Å². The average Bonchev–Trinajstić information content (AvgIpc) is 2.94. The van der Waals surface area contributed by atoms with E-state index in [4.69, 9.17) is 5.26 Å². The number of aliphatic hydroxyl groups is 1. The van der Waals surface area contributed by atoms with Crippen LogP contribution in [-0.2, 0) is 0 Å². The van der Waals surface area contributed by atoms with Gasteiger partial charge in [-0.25, -0.2) is 4.98 Å². The summed E-state index contributed by atoms with van der Waals surface area (Å²) >= 11 is 0. The van der Waals surface area contributed by atoms with Crippen LogP contribution < -0.4 is 5.32 Å². The number of nitrogens with zero attached hydrogens (tertiary/aromatic N) is 2. The third kappa shape index (κ3) is 3.09. The summed E-state index contributed by atoms with van der Waals surface area (Å²) in [7, 11) is 0. The Hall–Kier alpha value is -1.93. The van der Waals surface area contributed by atoms with Gasteiger partial charge in [0.15, 0.2) is 0 Å². The van der Waals surface area contributed by atoms with E-state index in [1.165, 1.54) is 12.3 Å². The SMILES string of the molecule is N#Cc1ccc(C(=O)NCC2(CO)CCCC2)nc1. The van der Waals surface area contributed by atoms with Crippen LogP contribution in [0.5, 0.6) is 0 Å². The van der Waals surface area contributed by atoms with Crippen molar-refractivity contribution in [3.8, 4) is 6.07 Å². The fourth-order valence-electron chi connectivity index (χ4n) is 2.47. The van der Waals surface area contributed by atoms with Crippen LogP contribution in [0.25, 0.3) is 0 Å². The Labute approximate surface area is 112 Å². The predicted octanol–water partition coefficient (Wildman–Crippen LogP) is 1.24. The molecule has 0 spiro atoms. The maximum absolute atomic E-state index is 11.9. The predicted molar refractivity (Wildman–Crippen MR) is 69.3 cm³/mol. The molecule has 5 heteroatoms. The summed E-state index contributed by atoms with van der Waals surface area (Å²) < 4.78 is 0. The molecule has 0 unspecified atom stereocenters. The van der Waals surface area contributed by atoms with Gasteiger partial charge in [-0.15, -0.1) is 0 Å². The van der Waals surface area contributed by atoms with Crippen molar-refractivity contribution in [1.29, 1.82) is 5.26 Å². The molecule has 0 saturated heterocycles. The van der Waals surface area contributed by atoms with Gasteiger partial charge >= 0.3 is 0 Å². The lowest BCUT2D eigenvalue weighted by Gasteiger charge is -2.26. The summed E-state index contributed by atoms with van der Waals surface area (Å²) in [6.07, 6.45) is 5.48. The minimum Gasteiger partial charge on any atom is -0.396 e. The molecule has 1 aromatic rings. The molecule has 2 rings (SSSR count).